The molecule has 66 valence electrons. The Kier molecular flexibility index (Phi) is 3.36. The average Bonchev–Trinajstić information content (AvgIpc) is 1.96. The predicted molar refractivity (Wildman–Crippen MR) is 60.7 cm³/mol. The van der Waals surface area contributed by atoms with Crippen LogP contribution in [0.1, 0.15) is 30.9 Å². The van der Waals surface area contributed by atoms with Gasteiger partial charge in [-0.05, 0) is 68.0 Å². The molecule has 0 aliphatic carbocycles. The molecule has 0 saturated carbocycles. The van der Waals surface area contributed by atoms with Crippen LogP contribution in [-0.2, 0) is 0 Å². The summed E-state index contributed by atoms with van der Waals surface area (Å²) < 4.78 is 2.26. The number of rotatable bonds is 1. The number of halogens is 2. The summed E-state index contributed by atoms with van der Waals surface area (Å²) in [6.07, 6.45) is 0. The number of hydrogen-bond donors (Lipinski definition) is 0. The molecule has 0 amide bonds. The third kappa shape index (κ3) is 2.11. The van der Waals surface area contributed by atoms with Crippen molar-refractivity contribution in [3.63, 3.8) is 0 Å². The van der Waals surface area contributed by atoms with Gasteiger partial charge < -0.3 is 0 Å². The van der Waals surface area contributed by atoms with Gasteiger partial charge in [0.15, 0.2) is 0 Å². The third-order valence-electron chi connectivity index (χ3n) is 1.93. The van der Waals surface area contributed by atoms with Crippen molar-refractivity contribution in [2.24, 2.45) is 0 Å². The maximum absolute atomic E-state index is 3.50. The minimum atomic E-state index is 0.592. The fourth-order valence-electron chi connectivity index (χ4n) is 1.28. The lowest BCUT2D eigenvalue weighted by Gasteiger charge is -2.10. The van der Waals surface area contributed by atoms with Crippen LogP contribution in [0.15, 0.2) is 21.1 Å². The smallest absolute Gasteiger partial charge is 0.0320 e. The van der Waals surface area contributed by atoms with Gasteiger partial charge in [0.05, 0.1) is 0 Å². The molecule has 0 aromatic heterocycles. The van der Waals surface area contributed by atoms with E-state index in [1.54, 1.807) is 0 Å². The van der Waals surface area contributed by atoms with Crippen LogP contribution < -0.4 is 0 Å². The molecule has 0 atom stereocenters. The van der Waals surface area contributed by atoms with E-state index in [1.807, 2.05) is 0 Å². The molecule has 1 aromatic carbocycles. The lowest BCUT2D eigenvalue weighted by molar-refractivity contribution is 0.855. The van der Waals surface area contributed by atoms with E-state index < -0.39 is 0 Å². The first-order valence-corrected chi connectivity index (χ1v) is 5.56. The molecular weight excluding hydrogens is 280 g/mol. The van der Waals surface area contributed by atoms with Crippen molar-refractivity contribution in [3.8, 4) is 0 Å². The van der Waals surface area contributed by atoms with Gasteiger partial charge in [-0.2, -0.15) is 0 Å². The SMILES string of the molecule is Cc1cc(Br)c(Br)cc1C(C)C. The zero-order valence-electron chi connectivity index (χ0n) is 7.49. The van der Waals surface area contributed by atoms with Gasteiger partial charge in [-0.25, -0.2) is 0 Å². The summed E-state index contributed by atoms with van der Waals surface area (Å²) in [6, 6.07) is 4.34. The van der Waals surface area contributed by atoms with Crippen LogP contribution in [0.3, 0.4) is 0 Å². The Labute approximate surface area is 90.6 Å². The molecule has 0 N–H and O–H groups in total. The summed E-state index contributed by atoms with van der Waals surface area (Å²) >= 11 is 6.98. The molecule has 0 nitrogen and oxygen atoms in total. The van der Waals surface area contributed by atoms with E-state index >= 15 is 0 Å². The summed E-state index contributed by atoms with van der Waals surface area (Å²) in [7, 11) is 0. The van der Waals surface area contributed by atoms with Crippen molar-refractivity contribution < 1.29 is 0 Å². The average molecular weight is 292 g/mol. The third-order valence-corrected chi connectivity index (χ3v) is 3.78. The van der Waals surface area contributed by atoms with Crippen LogP contribution in [0, 0.1) is 6.92 Å². The van der Waals surface area contributed by atoms with Gasteiger partial charge in [0, 0.05) is 8.95 Å². The van der Waals surface area contributed by atoms with Gasteiger partial charge in [-0.15, -0.1) is 0 Å². The first-order valence-electron chi connectivity index (χ1n) is 3.98. The van der Waals surface area contributed by atoms with Crippen molar-refractivity contribution in [1.82, 2.24) is 0 Å². The normalized spacial score (nSPS) is 10.8. The van der Waals surface area contributed by atoms with Crippen LogP contribution in [-0.4, -0.2) is 0 Å². The Bertz CT molecular complexity index is 290. The van der Waals surface area contributed by atoms with Crippen LogP contribution in [0.2, 0.25) is 0 Å². The predicted octanol–water partition coefficient (Wildman–Crippen LogP) is 4.64. The second-order valence-electron chi connectivity index (χ2n) is 3.28. The van der Waals surface area contributed by atoms with Crippen molar-refractivity contribution in [1.29, 1.82) is 0 Å². The Morgan fingerprint density at radius 2 is 1.58 bits per heavy atom. The molecule has 0 radical (unpaired) electrons. The van der Waals surface area contributed by atoms with Crippen LogP contribution in [0.5, 0.6) is 0 Å². The van der Waals surface area contributed by atoms with Crippen LogP contribution in [0.25, 0.3) is 0 Å². The van der Waals surface area contributed by atoms with Gasteiger partial charge >= 0.3 is 0 Å². The molecular formula is C10H12Br2. The summed E-state index contributed by atoms with van der Waals surface area (Å²) in [4.78, 5) is 0. The molecule has 0 aliphatic heterocycles. The molecule has 0 unspecified atom stereocenters. The highest BCUT2D eigenvalue weighted by Crippen LogP contribution is 2.29. The van der Waals surface area contributed by atoms with E-state index in [0.29, 0.717) is 5.92 Å². The second-order valence-corrected chi connectivity index (χ2v) is 4.99. The molecule has 1 aromatic rings. The standard InChI is InChI=1S/C10H12Br2/c1-6(2)8-5-10(12)9(11)4-7(8)3/h4-6H,1-3H3. The highest BCUT2D eigenvalue weighted by atomic mass is 79.9. The Morgan fingerprint density at radius 3 is 2.08 bits per heavy atom. The zero-order chi connectivity index (χ0) is 9.30. The lowest BCUT2D eigenvalue weighted by atomic mass is 9.98. The van der Waals surface area contributed by atoms with Crippen molar-refractivity contribution in [2.45, 2.75) is 26.7 Å². The van der Waals surface area contributed by atoms with E-state index in [2.05, 4.69) is 64.8 Å². The van der Waals surface area contributed by atoms with Gasteiger partial charge in [0.2, 0.25) is 0 Å². The molecule has 0 heterocycles. The van der Waals surface area contributed by atoms with Gasteiger partial charge in [0.25, 0.3) is 0 Å². The lowest BCUT2D eigenvalue weighted by Crippen LogP contribution is -1.92. The monoisotopic (exact) mass is 290 g/mol. The molecule has 0 aliphatic rings. The maximum atomic E-state index is 3.50. The summed E-state index contributed by atoms with van der Waals surface area (Å²) in [5.41, 5.74) is 2.75. The summed E-state index contributed by atoms with van der Waals surface area (Å²) in [5.74, 6) is 0.592. The van der Waals surface area contributed by atoms with E-state index in [4.69, 9.17) is 0 Å². The number of benzene rings is 1. The van der Waals surface area contributed by atoms with E-state index in [0.717, 1.165) is 8.95 Å². The molecule has 1 rings (SSSR count). The maximum Gasteiger partial charge on any atom is 0.0320 e. The quantitative estimate of drug-likeness (QED) is 0.707. The first kappa shape index (κ1) is 10.3. The largest absolute Gasteiger partial charge is 0.0587 e. The van der Waals surface area contributed by atoms with Gasteiger partial charge in [-0.1, -0.05) is 13.8 Å². The number of hydrogen-bond acceptors (Lipinski definition) is 0. The van der Waals surface area contributed by atoms with Crippen molar-refractivity contribution in [2.75, 3.05) is 0 Å². The first-order chi connectivity index (χ1) is 5.52. The zero-order valence-corrected chi connectivity index (χ0v) is 10.7. The molecule has 0 spiro atoms. The molecule has 0 saturated heterocycles. The summed E-state index contributed by atoms with van der Waals surface area (Å²) in [5, 5.41) is 0. The highest BCUT2D eigenvalue weighted by Gasteiger charge is 2.06. The molecule has 0 bridgehead atoms. The van der Waals surface area contributed by atoms with Crippen molar-refractivity contribution in [3.05, 3.63) is 32.2 Å². The molecule has 12 heavy (non-hydrogen) atoms. The van der Waals surface area contributed by atoms with E-state index in [-0.39, 0.29) is 0 Å². The van der Waals surface area contributed by atoms with E-state index in [9.17, 15) is 0 Å². The fourth-order valence-corrected chi connectivity index (χ4v) is 2.10. The minimum Gasteiger partial charge on any atom is -0.0587 e. The topological polar surface area (TPSA) is 0 Å². The highest BCUT2D eigenvalue weighted by molar-refractivity contribution is 9.13. The van der Waals surface area contributed by atoms with Gasteiger partial charge in [0.1, 0.15) is 0 Å². The Hall–Kier alpha value is 0.180. The Balaban J connectivity index is 3.23. The fraction of sp³-hybridized carbons (Fsp3) is 0.400. The van der Waals surface area contributed by atoms with Crippen LogP contribution >= 0.6 is 31.9 Å². The molecule has 0 fully saturated rings. The van der Waals surface area contributed by atoms with E-state index in [1.165, 1.54) is 11.1 Å². The van der Waals surface area contributed by atoms with Crippen LogP contribution in [0.4, 0.5) is 0 Å². The van der Waals surface area contributed by atoms with Crippen molar-refractivity contribution >= 4 is 31.9 Å². The number of aryl methyl sites for hydroxylation is 1. The second kappa shape index (κ2) is 3.93. The Morgan fingerprint density at radius 1 is 1.08 bits per heavy atom. The van der Waals surface area contributed by atoms with Gasteiger partial charge in [-0.3, -0.25) is 0 Å². The minimum absolute atomic E-state index is 0.592. The summed E-state index contributed by atoms with van der Waals surface area (Å²) in [6.45, 7) is 6.57. The molecule has 2 heteroatoms.